The Bertz CT molecular complexity index is 483. The van der Waals surface area contributed by atoms with Crippen molar-refractivity contribution >= 4 is 5.78 Å². The van der Waals surface area contributed by atoms with Crippen LogP contribution in [0.5, 0.6) is 0 Å². The van der Waals surface area contributed by atoms with Crippen LogP contribution in [0, 0.1) is 5.92 Å². The minimum Gasteiger partial charge on any atom is -0.396 e. The van der Waals surface area contributed by atoms with Gasteiger partial charge in [-0.15, -0.1) is 0 Å². The van der Waals surface area contributed by atoms with Crippen molar-refractivity contribution in [3.05, 3.63) is 48.0 Å². The highest BCUT2D eigenvalue weighted by molar-refractivity contribution is 5.95. The van der Waals surface area contributed by atoms with Crippen LogP contribution < -0.4 is 0 Å². The van der Waals surface area contributed by atoms with E-state index in [1.54, 1.807) is 6.08 Å². The summed E-state index contributed by atoms with van der Waals surface area (Å²) in [6.07, 6.45) is 5.41. The second-order valence-corrected chi connectivity index (χ2v) is 5.43. The zero-order chi connectivity index (χ0) is 13.2. The molecule has 1 fully saturated rings. The molecular formula is C16H19NO2. The number of aliphatic hydroxyl groups excluding tert-OH is 1. The van der Waals surface area contributed by atoms with Crippen LogP contribution in [-0.4, -0.2) is 34.5 Å². The Morgan fingerprint density at radius 3 is 2.79 bits per heavy atom. The second-order valence-electron chi connectivity index (χ2n) is 5.43. The number of nitrogens with zero attached hydrogens (tertiary/aromatic N) is 1. The number of hydrogen-bond donors (Lipinski definition) is 1. The average molecular weight is 257 g/mol. The summed E-state index contributed by atoms with van der Waals surface area (Å²) in [4.78, 5) is 14.3. The van der Waals surface area contributed by atoms with E-state index in [0.717, 1.165) is 19.4 Å². The molecule has 0 unspecified atom stereocenters. The van der Waals surface area contributed by atoms with E-state index in [0.29, 0.717) is 12.0 Å². The lowest BCUT2D eigenvalue weighted by molar-refractivity contribution is -0.119. The third-order valence-electron chi connectivity index (χ3n) is 4.29. The Morgan fingerprint density at radius 2 is 2.05 bits per heavy atom. The fourth-order valence-electron chi connectivity index (χ4n) is 3.36. The van der Waals surface area contributed by atoms with Crippen molar-refractivity contribution in [2.45, 2.75) is 31.5 Å². The average Bonchev–Trinajstić information content (AvgIpc) is 2.66. The number of carbonyl (C=O) groups is 1. The van der Waals surface area contributed by atoms with Crippen molar-refractivity contribution in [2.75, 3.05) is 6.61 Å². The topological polar surface area (TPSA) is 40.5 Å². The van der Waals surface area contributed by atoms with Gasteiger partial charge >= 0.3 is 0 Å². The molecule has 0 aliphatic carbocycles. The van der Waals surface area contributed by atoms with Gasteiger partial charge in [-0.1, -0.05) is 36.4 Å². The molecule has 1 aromatic carbocycles. The van der Waals surface area contributed by atoms with Crippen LogP contribution in [-0.2, 0) is 11.3 Å². The zero-order valence-corrected chi connectivity index (χ0v) is 10.9. The zero-order valence-electron chi connectivity index (χ0n) is 10.9. The van der Waals surface area contributed by atoms with Gasteiger partial charge in [-0.3, -0.25) is 9.69 Å². The Hall–Kier alpha value is -1.45. The highest BCUT2D eigenvalue weighted by atomic mass is 16.3. The van der Waals surface area contributed by atoms with Crippen LogP contribution in [0.25, 0.3) is 0 Å². The summed E-state index contributed by atoms with van der Waals surface area (Å²) in [5.41, 5.74) is 1.24. The maximum absolute atomic E-state index is 12.0. The summed E-state index contributed by atoms with van der Waals surface area (Å²) in [6.45, 7) is 1.02. The van der Waals surface area contributed by atoms with Gasteiger partial charge in [-0.25, -0.2) is 0 Å². The summed E-state index contributed by atoms with van der Waals surface area (Å²) in [6, 6.07) is 10.6. The standard InChI is InChI=1S/C16H19NO2/c18-9-8-13-10-15-16(19)7-6-14(13)17(15)11-12-4-2-1-3-5-12/h1-7,13-15,18H,8-11H2/t13-,14+,15+/m0/s1. The Balaban J connectivity index is 1.81. The predicted molar refractivity (Wildman–Crippen MR) is 73.5 cm³/mol. The van der Waals surface area contributed by atoms with Crippen molar-refractivity contribution in [3.63, 3.8) is 0 Å². The molecule has 2 heterocycles. The summed E-state index contributed by atoms with van der Waals surface area (Å²) in [7, 11) is 0. The van der Waals surface area contributed by atoms with Crippen molar-refractivity contribution in [3.8, 4) is 0 Å². The second kappa shape index (κ2) is 5.27. The number of rotatable bonds is 4. The fraction of sp³-hybridized carbons (Fsp3) is 0.438. The first-order valence-electron chi connectivity index (χ1n) is 6.92. The van der Waals surface area contributed by atoms with Gasteiger partial charge < -0.3 is 5.11 Å². The Kier molecular flexibility index (Phi) is 3.49. The highest BCUT2D eigenvalue weighted by Gasteiger charge is 2.44. The molecule has 100 valence electrons. The molecule has 3 atom stereocenters. The van der Waals surface area contributed by atoms with Gasteiger partial charge in [0.1, 0.15) is 0 Å². The third-order valence-corrected chi connectivity index (χ3v) is 4.29. The molecule has 2 aliphatic rings. The van der Waals surface area contributed by atoms with Gasteiger partial charge in [0.05, 0.1) is 6.04 Å². The van der Waals surface area contributed by atoms with Gasteiger partial charge in [0.25, 0.3) is 0 Å². The van der Waals surface area contributed by atoms with Crippen LogP contribution in [0.1, 0.15) is 18.4 Å². The van der Waals surface area contributed by atoms with Gasteiger partial charge in [0.2, 0.25) is 0 Å². The minimum absolute atomic E-state index is 0.00626. The summed E-state index contributed by atoms with van der Waals surface area (Å²) in [5.74, 6) is 0.619. The molecule has 19 heavy (non-hydrogen) atoms. The van der Waals surface area contributed by atoms with Crippen molar-refractivity contribution in [1.82, 2.24) is 4.90 Å². The van der Waals surface area contributed by atoms with E-state index in [9.17, 15) is 4.79 Å². The van der Waals surface area contributed by atoms with E-state index in [1.807, 2.05) is 24.3 Å². The molecule has 1 saturated heterocycles. The molecule has 3 heteroatoms. The van der Waals surface area contributed by atoms with E-state index in [1.165, 1.54) is 5.56 Å². The van der Waals surface area contributed by atoms with Crippen molar-refractivity contribution < 1.29 is 9.90 Å². The number of carbonyl (C=O) groups excluding carboxylic acids is 1. The molecule has 0 radical (unpaired) electrons. The van der Waals surface area contributed by atoms with Gasteiger partial charge in [-0.05, 0) is 30.4 Å². The molecule has 0 amide bonds. The van der Waals surface area contributed by atoms with E-state index >= 15 is 0 Å². The molecule has 3 nitrogen and oxygen atoms in total. The maximum atomic E-state index is 12.0. The van der Waals surface area contributed by atoms with Crippen molar-refractivity contribution in [2.24, 2.45) is 5.92 Å². The van der Waals surface area contributed by atoms with E-state index in [2.05, 4.69) is 17.0 Å². The lowest BCUT2D eigenvalue weighted by atomic mass is 9.97. The molecule has 1 aromatic rings. The lowest BCUT2D eigenvalue weighted by Crippen LogP contribution is -2.42. The third kappa shape index (κ3) is 2.36. The molecular weight excluding hydrogens is 238 g/mol. The van der Waals surface area contributed by atoms with Crippen LogP contribution >= 0.6 is 0 Å². The monoisotopic (exact) mass is 257 g/mol. The number of benzene rings is 1. The maximum Gasteiger partial charge on any atom is 0.172 e. The summed E-state index contributed by atoms with van der Waals surface area (Å²) < 4.78 is 0. The summed E-state index contributed by atoms with van der Waals surface area (Å²) in [5, 5.41) is 9.16. The molecule has 0 spiro atoms. The highest BCUT2D eigenvalue weighted by Crippen LogP contribution is 2.37. The SMILES string of the molecule is O=C1C=C[C@@H]2[C@@H](CCO)C[C@H]1N2Cc1ccccc1. The quantitative estimate of drug-likeness (QED) is 0.893. The molecule has 2 bridgehead atoms. The number of fused-ring (bicyclic) bond motifs is 2. The molecule has 0 saturated carbocycles. The molecule has 2 aliphatic heterocycles. The molecule has 1 N–H and O–H groups in total. The number of hydrogen-bond acceptors (Lipinski definition) is 3. The number of ketones is 1. The van der Waals surface area contributed by atoms with E-state index in [-0.39, 0.29) is 18.4 Å². The van der Waals surface area contributed by atoms with Gasteiger partial charge in [0, 0.05) is 19.2 Å². The largest absolute Gasteiger partial charge is 0.396 e. The normalized spacial score (nSPS) is 29.9. The lowest BCUT2D eigenvalue weighted by Gasteiger charge is -2.31. The number of aliphatic hydroxyl groups is 1. The smallest absolute Gasteiger partial charge is 0.172 e. The fourth-order valence-corrected chi connectivity index (χ4v) is 3.36. The van der Waals surface area contributed by atoms with E-state index < -0.39 is 0 Å². The minimum atomic E-state index is 0.00626. The summed E-state index contributed by atoms with van der Waals surface area (Å²) >= 11 is 0. The first kappa shape index (κ1) is 12.6. The molecule has 0 aromatic heterocycles. The Labute approximate surface area is 113 Å². The Morgan fingerprint density at radius 1 is 1.26 bits per heavy atom. The van der Waals surface area contributed by atoms with Gasteiger partial charge in [0.15, 0.2) is 5.78 Å². The first-order chi connectivity index (χ1) is 9.29. The first-order valence-corrected chi connectivity index (χ1v) is 6.92. The van der Waals surface area contributed by atoms with Crippen LogP contribution in [0.2, 0.25) is 0 Å². The van der Waals surface area contributed by atoms with Gasteiger partial charge in [-0.2, -0.15) is 0 Å². The van der Waals surface area contributed by atoms with Crippen LogP contribution in [0.3, 0.4) is 0 Å². The molecule has 3 rings (SSSR count). The van der Waals surface area contributed by atoms with Crippen LogP contribution in [0.4, 0.5) is 0 Å². The van der Waals surface area contributed by atoms with E-state index in [4.69, 9.17) is 5.11 Å². The predicted octanol–water partition coefficient (Wildman–Crippen LogP) is 1.77. The van der Waals surface area contributed by atoms with Crippen LogP contribution in [0.15, 0.2) is 42.5 Å². The van der Waals surface area contributed by atoms with Crippen molar-refractivity contribution in [1.29, 1.82) is 0 Å².